The lowest BCUT2D eigenvalue weighted by atomic mass is 9.86. The fraction of sp³-hybridized carbons (Fsp3) is 0.375. The minimum atomic E-state index is -0.265. The van der Waals surface area contributed by atoms with Gasteiger partial charge in [0.2, 0.25) is 0 Å². The van der Waals surface area contributed by atoms with Gasteiger partial charge in [0, 0.05) is 5.56 Å². The largest absolute Gasteiger partial charge is 0.205 e. The van der Waals surface area contributed by atoms with E-state index >= 15 is 0 Å². The van der Waals surface area contributed by atoms with Crippen molar-refractivity contribution >= 4 is 17.2 Å². The smallest absolute Gasteiger partial charge is 0.149 e. The standard InChI is InChI=1S/C16H18ClF/c1-3-11-5-7-13(8-6-11)14-10-9-12(4-2)15(17)16(14)18/h3,7,9-11H,1,4-6,8H2,2H3. The summed E-state index contributed by atoms with van der Waals surface area (Å²) in [7, 11) is 0. The van der Waals surface area contributed by atoms with E-state index in [0.29, 0.717) is 11.5 Å². The lowest BCUT2D eigenvalue weighted by Crippen LogP contribution is -2.04. The molecule has 1 atom stereocenters. The van der Waals surface area contributed by atoms with Crippen LogP contribution in [0.2, 0.25) is 5.02 Å². The lowest BCUT2D eigenvalue weighted by molar-refractivity contribution is 0.585. The Hall–Kier alpha value is -1.08. The van der Waals surface area contributed by atoms with Crippen molar-refractivity contribution in [2.75, 3.05) is 0 Å². The first kappa shape index (κ1) is 13.4. The minimum Gasteiger partial charge on any atom is -0.205 e. The van der Waals surface area contributed by atoms with Gasteiger partial charge in [0.1, 0.15) is 5.82 Å². The molecule has 0 nitrogen and oxygen atoms in total. The van der Waals surface area contributed by atoms with Gasteiger partial charge in [0.25, 0.3) is 0 Å². The number of rotatable bonds is 3. The van der Waals surface area contributed by atoms with Crippen molar-refractivity contribution < 1.29 is 4.39 Å². The van der Waals surface area contributed by atoms with E-state index in [0.717, 1.165) is 36.8 Å². The maximum atomic E-state index is 14.2. The average molecular weight is 265 g/mol. The zero-order valence-electron chi connectivity index (χ0n) is 10.7. The van der Waals surface area contributed by atoms with Crippen molar-refractivity contribution in [1.82, 2.24) is 0 Å². The third-order valence-electron chi connectivity index (χ3n) is 3.67. The first-order valence-corrected chi connectivity index (χ1v) is 6.84. The number of allylic oxidation sites excluding steroid dienone is 3. The van der Waals surface area contributed by atoms with Gasteiger partial charge in [0.05, 0.1) is 5.02 Å². The third kappa shape index (κ3) is 2.51. The zero-order valence-corrected chi connectivity index (χ0v) is 11.4. The molecule has 0 fully saturated rings. The number of hydrogen-bond acceptors (Lipinski definition) is 0. The molecule has 1 aliphatic rings. The highest BCUT2D eigenvalue weighted by atomic mass is 35.5. The molecule has 1 aliphatic carbocycles. The van der Waals surface area contributed by atoms with Gasteiger partial charge in [-0.3, -0.25) is 0 Å². The Balaban J connectivity index is 2.32. The molecule has 0 aliphatic heterocycles. The van der Waals surface area contributed by atoms with Crippen molar-refractivity contribution in [3.05, 3.63) is 52.8 Å². The van der Waals surface area contributed by atoms with Crippen LogP contribution in [-0.4, -0.2) is 0 Å². The SMILES string of the molecule is C=CC1CC=C(c2ccc(CC)c(Cl)c2F)CC1. The van der Waals surface area contributed by atoms with E-state index in [-0.39, 0.29) is 10.8 Å². The molecular formula is C16H18ClF. The third-order valence-corrected chi connectivity index (χ3v) is 4.08. The van der Waals surface area contributed by atoms with Gasteiger partial charge in [-0.2, -0.15) is 0 Å². The predicted octanol–water partition coefficient (Wildman–Crippen LogP) is 5.41. The van der Waals surface area contributed by atoms with Crippen LogP contribution >= 0.6 is 11.6 Å². The van der Waals surface area contributed by atoms with Gasteiger partial charge < -0.3 is 0 Å². The summed E-state index contributed by atoms with van der Waals surface area (Å²) < 4.78 is 14.2. The normalized spacial score (nSPS) is 19.5. The summed E-state index contributed by atoms with van der Waals surface area (Å²) in [4.78, 5) is 0. The quantitative estimate of drug-likeness (QED) is 0.640. The Morgan fingerprint density at radius 2 is 2.28 bits per heavy atom. The molecule has 0 amide bonds. The van der Waals surface area contributed by atoms with E-state index in [2.05, 4.69) is 12.7 Å². The molecular weight excluding hydrogens is 247 g/mol. The summed E-state index contributed by atoms with van der Waals surface area (Å²) in [6, 6.07) is 3.79. The summed E-state index contributed by atoms with van der Waals surface area (Å²) >= 11 is 6.06. The summed E-state index contributed by atoms with van der Waals surface area (Å²) in [5, 5.41) is 0.279. The van der Waals surface area contributed by atoms with Crippen LogP contribution < -0.4 is 0 Å². The summed E-state index contributed by atoms with van der Waals surface area (Å²) in [6.07, 6.45) is 7.75. The average Bonchev–Trinajstić information content (AvgIpc) is 2.42. The van der Waals surface area contributed by atoms with Crippen LogP contribution in [0.1, 0.15) is 37.3 Å². The maximum Gasteiger partial charge on any atom is 0.149 e. The number of hydrogen-bond donors (Lipinski definition) is 0. The molecule has 1 aromatic carbocycles. The van der Waals surface area contributed by atoms with Gasteiger partial charge in [-0.15, -0.1) is 6.58 Å². The van der Waals surface area contributed by atoms with E-state index in [4.69, 9.17) is 11.6 Å². The molecule has 0 aromatic heterocycles. The Labute approximate surface area is 113 Å². The molecule has 0 saturated heterocycles. The highest BCUT2D eigenvalue weighted by Crippen LogP contribution is 2.34. The number of benzene rings is 1. The van der Waals surface area contributed by atoms with Gasteiger partial charge in [-0.1, -0.05) is 42.8 Å². The molecule has 2 rings (SSSR count). The van der Waals surface area contributed by atoms with Crippen molar-refractivity contribution in [3.8, 4) is 0 Å². The van der Waals surface area contributed by atoms with Crippen LogP contribution in [0.4, 0.5) is 4.39 Å². The second-order valence-corrected chi connectivity index (χ2v) is 5.13. The zero-order chi connectivity index (χ0) is 13.1. The lowest BCUT2D eigenvalue weighted by Gasteiger charge is -2.20. The highest BCUT2D eigenvalue weighted by molar-refractivity contribution is 6.31. The van der Waals surface area contributed by atoms with Crippen molar-refractivity contribution in [2.24, 2.45) is 5.92 Å². The topological polar surface area (TPSA) is 0 Å². The van der Waals surface area contributed by atoms with Crippen molar-refractivity contribution in [2.45, 2.75) is 32.6 Å². The van der Waals surface area contributed by atoms with Crippen LogP contribution in [0, 0.1) is 11.7 Å². The summed E-state index contributed by atoms with van der Waals surface area (Å²) in [5.74, 6) is 0.265. The molecule has 1 unspecified atom stereocenters. The van der Waals surface area contributed by atoms with Gasteiger partial charge >= 0.3 is 0 Å². The Morgan fingerprint density at radius 3 is 2.83 bits per heavy atom. The Bertz CT molecular complexity index is 488. The van der Waals surface area contributed by atoms with Gasteiger partial charge in [0.15, 0.2) is 0 Å². The first-order valence-electron chi connectivity index (χ1n) is 6.46. The summed E-state index contributed by atoms with van der Waals surface area (Å²) in [5.41, 5.74) is 2.62. The molecule has 96 valence electrons. The van der Waals surface area contributed by atoms with Crippen LogP contribution in [0.25, 0.3) is 5.57 Å². The van der Waals surface area contributed by atoms with Crippen LogP contribution in [-0.2, 0) is 6.42 Å². The summed E-state index contributed by atoms with van der Waals surface area (Å²) in [6.45, 7) is 5.79. The van der Waals surface area contributed by atoms with Crippen LogP contribution in [0.5, 0.6) is 0 Å². The highest BCUT2D eigenvalue weighted by Gasteiger charge is 2.18. The molecule has 18 heavy (non-hydrogen) atoms. The molecule has 0 N–H and O–H groups in total. The van der Waals surface area contributed by atoms with E-state index in [1.165, 1.54) is 0 Å². The Morgan fingerprint density at radius 1 is 1.50 bits per heavy atom. The Kier molecular flexibility index (Phi) is 4.23. The maximum absolute atomic E-state index is 14.2. The van der Waals surface area contributed by atoms with Crippen molar-refractivity contribution in [1.29, 1.82) is 0 Å². The second-order valence-electron chi connectivity index (χ2n) is 4.75. The molecule has 0 spiro atoms. The fourth-order valence-corrected chi connectivity index (χ4v) is 2.72. The van der Waals surface area contributed by atoms with E-state index < -0.39 is 0 Å². The van der Waals surface area contributed by atoms with E-state index in [9.17, 15) is 4.39 Å². The predicted molar refractivity (Wildman–Crippen MR) is 76.3 cm³/mol. The first-order chi connectivity index (χ1) is 8.67. The van der Waals surface area contributed by atoms with Crippen LogP contribution in [0.15, 0.2) is 30.9 Å². The fourth-order valence-electron chi connectivity index (χ4n) is 2.42. The number of halogens is 2. The monoisotopic (exact) mass is 264 g/mol. The van der Waals surface area contributed by atoms with Gasteiger partial charge in [-0.25, -0.2) is 4.39 Å². The van der Waals surface area contributed by atoms with E-state index in [1.54, 1.807) is 0 Å². The molecule has 0 heterocycles. The molecule has 0 saturated carbocycles. The molecule has 0 radical (unpaired) electrons. The molecule has 1 aromatic rings. The van der Waals surface area contributed by atoms with Gasteiger partial charge in [-0.05, 0) is 42.7 Å². The second kappa shape index (κ2) is 5.71. The van der Waals surface area contributed by atoms with E-state index in [1.807, 2.05) is 25.1 Å². The molecule has 0 bridgehead atoms. The van der Waals surface area contributed by atoms with Crippen molar-refractivity contribution in [3.63, 3.8) is 0 Å². The number of aryl methyl sites for hydroxylation is 1. The van der Waals surface area contributed by atoms with Crippen LogP contribution in [0.3, 0.4) is 0 Å². The molecule has 2 heteroatoms. The minimum absolute atomic E-state index is 0.265.